The number of rotatable bonds is 7. The third kappa shape index (κ3) is 5.15. The molecule has 4 heteroatoms. The highest BCUT2D eigenvalue weighted by Crippen LogP contribution is 2.28. The van der Waals surface area contributed by atoms with E-state index in [1.54, 1.807) is 18.2 Å². The minimum absolute atomic E-state index is 0.0983. The number of hydrogen-bond donors (Lipinski definition) is 1. The van der Waals surface area contributed by atoms with Crippen molar-refractivity contribution in [2.24, 2.45) is 5.92 Å². The number of phenolic OH excluding ortho intramolecular Hbond substituents is 1. The molecule has 2 rings (SSSR count). The second kappa shape index (κ2) is 8.57. The Morgan fingerprint density at radius 2 is 2.21 bits per heavy atom. The Morgan fingerprint density at radius 3 is 2.83 bits per heavy atom. The number of carbonyl (C=O) groups is 1. The van der Waals surface area contributed by atoms with Crippen LogP contribution in [-0.4, -0.2) is 24.8 Å². The fourth-order valence-corrected chi connectivity index (χ4v) is 2.84. The van der Waals surface area contributed by atoms with Gasteiger partial charge in [0, 0.05) is 6.42 Å². The van der Waals surface area contributed by atoms with Crippen molar-refractivity contribution in [1.29, 1.82) is 0 Å². The van der Waals surface area contributed by atoms with Crippen molar-refractivity contribution in [2.45, 2.75) is 39.0 Å². The van der Waals surface area contributed by atoms with Crippen molar-refractivity contribution in [3.63, 3.8) is 0 Å². The Kier molecular flexibility index (Phi) is 6.47. The first-order valence-corrected chi connectivity index (χ1v) is 8.34. The summed E-state index contributed by atoms with van der Waals surface area (Å²) in [6.07, 6.45) is 6.12. The number of benzene rings is 1. The van der Waals surface area contributed by atoms with E-state index in [0.717, 1.165) is 24.8 Å². The lowest BCUT2D eigenvalue weighted by atomic mass is 9.86. The van der Waals surface area contributed by atoms with Gasteiger partial charge in [-0.05, 0) is 61.8 Å². The number of carbonyl (C=O) groups excluding carboxylic acids is 1. The minimum Gasteiger partial charge on any atom is -0.504 e. The molecule has 1 atom stereocenters. The summed E-state index contributed by atoms with van der Waals surface area (Å²) in [5.74, 6) is 0.875. The van der Waals surface area contributed by atoms with Gasteiger partial charge in [-0.15, -0.1) is 0 Å². The molecule has 0 aliphatic heterocycles. The second-order valence-corrected chi connectivity index (χ2v) is 6.35. The topological polar surface area (TPSA) is 55.8 Å². The van der Waals surface area contributed by atoms with Crippen molar-refractivity contribution in [2.75, 3.05) is 13.7 Å². The molecule has 0 fully saturated rings. The van der Waals surface area contributed by atoms with E-state index in [1.165, 1.54) is 18.3 Å². The van der Waals surface area contributed by atoms with Crippen LogP contribution in [0.3, 0.4) is 0 Å². The Balaban J connectivity index is 1.75. The molecule has 0 aromatic heterocycles. The lowest BCUT2D eigenvalue weighted by Crippen LogP contribution is -2.13. The number of methoxy groups -OCH3 is 1. The van der Waals surface area contributed by atoms with Crippen LogP contribution in [0.5, 0.6) is 11.5 Å². The summed E-state index contributed by atoms with van der Waals surface area (Å²) in [5.41, 5.74) is 3.36. The highest BCUT2D eigenvalue weighted by Gasteiger charge is 2.16. The van der Waals surface area contributed by atoms with Crippen LogP contribution < -0.4 is 4.74 Å². The number of esters is 1. The predicted molar refractivity (Wildman–Crippen MR) is 94.2 cm³/mol. The molecule has 130 valence electrons. The summed E-state index contributed by atoms with van der Waals surface area (Å²) in [4.78, 5) is 11.9. The molecule has 0 heterocycles. The Morgan fingerprint density at radius 1 is 1.42 bits per heavy atom. The van der Waals surface area contributed by atoms with Crippen molar-refractivity contribution in [3.05, 3.63) is 47.6 Å². The van der Waals surface area contributed by atoms with E-state index in [0.29, 0.717) is 31.1 Å². The monoisotopic (exact) mass is 330 g/mol. The van der Waals surface area contributed by atoms with E-state index < -0.39 is 0 Å². The van der Waals surface area contributed by atoms with E-state index in [1.807, 2.05) is 0 Å². The van der Waals surface area contributed by atoms with Gasteiger partial charge in [0.05, 0.1) is 7.11 Å². The summed E-state index contributed by atoms with van der Waals surface area (Å²) >= 11 is 0. The van der Waals surface area contributed by atoms with E-state index in [2.05, 4.69) is 19.6 Å². The highest BCUT2D eigenvalue weighted by atomic mass is 16.5. The van der Waals surface area contributed by atoms with Gasteiger partial charge in [-0.3, -0.25) is 4.79 Å². The van der Waals surface area contributed by atoms with Crippen LogP contribution in [0, 0.1) is 5.92 Å². The van der Waals surface area contributed by atoms with Crippen LogP contribution in [0.1, 0.15) is 38.2 Å². The van der Waals surface area contributed by atoms with Crippen LogP contribution in [0.4, 0.5) is 0 Å². The SMILES string of the molecule is C=C(C)[C@@H]1CC=C(COC(=O)CCc2ccc(O)c(OC)c2)CC1. The zero-order valence-corrected chi connectivity index (χ0v) is 14.5. The van der Waals surface area contributed by atoms with Gasteiger partial charge >= 0.3 is 5.97 Å². The third-order valence-corrected chi connectivity index (χ3v) is 4.48. The molecule has 1 N–H and O–H groups in total. The van der Waals surface area contributed by atoms with Crippen LogP contribution in [0.2, 0.25) is 0 Å². The molecule has 4 nitrogen and oxygen atoms in total. The molecule has 0 spiro atoms. The largest absolute Gasteiger partial charge is 0.504 e. The second-order valence-electron chi connectivity index (χ2n) is 6.35. The number of allylic oxidation sites excluding steroid dienone is 2. The lowest BCUT2D eigenvalue weighted by molar-refractivity contribution is -0.142. The number of aromatic hydroxyl groups is 1. The van der Waals surface area contributed by atoms with Gasteiger partial charge in [0.25, 0.3) is 0 Å². The Hall–Kier alpha value is -2.23. The molecular formula is C20H26O4. The van der Waals surface area contributed by atoms with Gasteiger partial charge in [0.1, 0.15) is 6.61 Å². The molecule has 1 aliphatic carbocycles. The molecule has 0 unspecified atom stereocenters. The number of aryl methyl sites for hydroxylation is 1. The molecule has 0 radical (unpaired) electrons. The minimum atomic E-state index is -0.204. The van der Waals surface area contributed by atoms with Crippen LogP contribution in [0.25, 0.3) is 0 Å². The van der Waals surface area contributed by atoms with E-state index >= 15 is 0 Å². The number of phenols is 1. The van der Waals surface area contributed by atoms with Gasteiger partial charge < -0.3 is 14.6 Å². The van der Waals surface area contributed by atoms with E-state index in [4.69, 9.17) is 9.47 Å². The van der Waals surface area contributed by atoms with Gasteiger partial charge in [0.2, 0.25) is 0 Å². The summed E-state index contributed by atoms with van der Waals surface area (Å²) in [6.45, 7) is 6.47. The molecule has 1 aliphatic rings. The van der Waals surface area contributed by atoms with Crippen molar-refractivity contribution in [3.8, 4) is 11.5 Å². The lowest BCUT2D eigenvalue weighted by Gasteiger charge is -2.22. The summed E-state index contributed by atoms with van der Waals surface area (Å²) in [6, 6.07) is 5.10. The van der Waals surface area contributed by atoms with Gasteiger partial charge in [-0.1, -0.05) is 24.3 Å². The molecule has 24 heavy (non-hydrogen) atoms. The number of ether oxygens (including phenoxy) is 2. The average molecular weight is 330 g/mol. The molecule has 0 amide bonds. The number of hydrogen-bond acceptors (Lipinski definition) is 4. The van der Waals surface area contributed by atoms with Crippen LogP contribution in [0.15, 0.2) is 42.0 Å². The zero-order valence-electron chi connectivity index (χ0n) is 14.5. The fourth-order valence-electron chi connectivity index (χ4n) is 2.84. The quantitative estimate of drug-likeness (QED) is 0.602. The summed E-state index contributed by atoms with van der Waals surface area (Å²) in [5, 5.41) is 9.57. The zero-order chi connectivity index (χ0) is 17.5. The maximum absolute atomic E-state index is 11.9. The smallest absolute Gasteiger partial charge is 0.306 e. The Bertz CT molecular complexity index is 631. The third-order valence-electron chi connectivity index (χ3n) is 4.48. The maximum atomic E-state index is 11.9. The first kappa shape index (κ1) is 18.1. The molecule has 0 saturated heterocycles. The van der Waals surface area contributed by atoms with Crippen molar-refractivity contribution in [1.82, 2.24) is 0 Å². The molecule has 0 saturated carbocycles. The molecular weight excluding hydrogens is 304 g/mol. The summed E-state index contributed by atoms with van der Waals surface area (Å²) in [7, 11) is 1.50. The first-order valence-electron chi connectivity index (χ1n) is 8.34. The van der Waals surface area contributed by atoms with Crippen LogP contribution >= 0.6 is 0 Å². The van der Waals surface area contributed by atoms with Gasteiger partial charge in [0.15, 0.2) is 11.5 Å². The summed E-state index contributed by atoms with van der Waals surface area (Å²) < 4.78 is 10.4. The Labute approximate surface area is 143 Å². The van der Waals surface area contributed by atoms with E-state index in [9.17, 15) is 9.90 Å². The first-order chi connectivity index (χ1) is 11.5. The molecule has 0 bridgehead atoms. The standard InChI is InChI=1S/C20H26O4/c1-14(2)17-8-4-16(5-9-17)13-24-20(22)11-7-15-6-10-18(21)19(12-15)23-3/h4,6,10,12,17,21H,1,5,7-9,11,13H2,2-3H3/t17-/m1/s1. The fraction of sp³-hybridized carbons (Fsp3) is 0.450. The maximum Gasteiger partial charge on any atom is 0.306 e. The molecule has 1 aromatic carbocycles. The van der Waals surface area contributed by atoms with Crippen molar-refractivity contribution < 1.29 is 19.4 Å². The van der Waals surface area contributed by atoms with Gasteiger partial charge in [-0.25, -0.2) is 0 Å². The highest BCUT2D eigenvalue weighted by molar-refractivity contribution is 5.70. The van der Waals surface area contributed by atoms with Crippen LogP contribution in [-0.2, 0) is 16.0 Å². The van der Waals surface area contributed by atoms with Gasteiger partial charge in [-0.2, -0.15) is 0 Å². The normalized spacial score (nSPS) is 17.1. The average Bonchev–Trinajstić information content (AvgIpc) is 2.59. The van der Waals surface area contributed by atoms with E-state index in [-0.39, 0.29) is 11.7 Å². The van der Waals surface area contributed by atoms with Crippen molar-refractivity contribution >= 4 is 5.97 Å². The predicted octanol–water partition coefficient (Wildman–Crippen LogP) is 4.18. The molecule has 1 aromatic rings.